The Kier molecular flexibility index (Phi) is 3.67. The quantitative estimate of drug-likeness (QED) is 0.754. The second-order valence-electron chi connectivity index (χ2n) is 7.33. The van der Waals surface area contributed by atoms with Crippen molar-refractivity contribution in [3.05, 3.63) is 53.3 Å². The van der Waals surface area contributed by atoms with Crippen LogP contribution in [0.15, 0.2) is 36.5 Å². The smallest absolute Gasteiger partial charge is 0.151 e. The van der Waals surface area contributed by atoms with Crippen LogP contribution in [0.25, 0.3) is 10.9 Å². The maximum absolute atomic E-state index is 4.41. The zero-order chi connectivity index (χ0) is 16.6. The Morgan fingerprint density at radius 1 is 1.12 bits per heavy atom. The van der Waals surface area contributed by atoms with Crippen LogP contribution in [0, 0.1) is 5.92 Å². The van der Waals surface area contributed by atoms with Gasteiger partial charge in [-0.1, -0.05) is 6.07 Å². The molecule has 3 aromatic rings. The molecule has 5 heteroatoms. The number of fused-ring (bicyclic) bond motifs is 2. The summed E-state index contributed by atoms with van der Waals surface area (Å²) in [5, 5.41) is 13.7. The Balaban J connectivity index is 1.11. The van der Waals surface area contributed by atoms with Crippen molar-refractivity contribution in [3.63, 3.8) is 0 Å². The minimum atomic E-state index is 0.700. The molecule has 0 amide bonds. The number of nitrogens with one attached hydrogen (secondary N) is 2. The number of nitrogens with zero attached hydrogens (tertiary/aromatic N) is 3. The van der Waals surface area contributed by atoms with E-state index >= 15 is 0 Å². The summed E-state index contributed by atoms with van der Waals surface area (Å²) in [6, 6.07) is 11.0. The molecule has 5 nitrogen and oxygen atoms in total. The summed E-state index contributed by atoms with van der Waals surface area (Å²) in [6.45, 7) is 4.14. The first-order valence-corrected chi connectivity index (χ1v) is 9.22. The monoisotopic (exact) mass is 333 g/mol. The zero-order valence-corrected chi connectivity index (χ0v) is 14.3. The molecule has 3 heterocycles. The van der Waals surface area contributed by atoms with Crippen molar-refractivity contribution in [1.29, 1.82) is 0 Å². The highest BCUT2D eigenvalue weighted by Crippen LogP contribution is 2.27. The molecule has 2 N–H and O–H groups in total. The molecule has 0 saturated carbocycles. The number of hydrogen-bond acceptors (Lipinski definition) is 4. The lowest BCUT2D eigenvalue weighted by Crippen LogP contribution is -2.51. The zero-order valence-electron chi connectivity index (χ0n) is 14.3. The summed E-state index contributed by atoms with van der Waals surface area (Å²) >= 11 is 0. The molecule has 0 atom stereocenters. The average Bonchev–Trinajstić information content (AvgIpc) is 3.24. The van der Waals surface area contributed by atoms with Gasteiger partial charge in [0, 0.05) is 43.8 Å². The number of hydrogen-bond donors (Lipinski definition) is 2. The van der Waals surface area contributed by atoms with Gasteiger partial charge in [-0.15, -0.1) is 5.10 Å². The molecule has 1 aromatic carbocycles. The van der Waals surface area contributed by atoms with Gasteiger partial charge in [-0.05, 0) is 60.0 Å². The van der Waals surface area contributed by atoms with Gasteiger partial charge in [-0.2, -0.15) is 5.10 Å². The molecule has 5 rings (SSSR count). The number of H-pyrrole nitrogens is 1. The van der Waals surface area contributed by atoms with E-state index in [1.54, 1.807) is 0 Å². The number of rotatable bonds is 5. The van der Waals surface area contributed by atoms with Gasteiger partial charge in [0.05, 0.1) is 5.69 Å². The van der Waals surface area contributed by atoms with Crippen LogP contribution in [0.1, 0.15) is 23.2 Å². The molecule has 128 valence electrons. The normalized spacial score (nSPS) is 17.0. The number of aromatic amines is 1. The van der Waals surface area contributed by atoms with E-state index in [2.05, 4.69) is 55.7 Å². The van der Waals surface area contributed by atoms with Crippen molar-refractivity contribution in [3.8, 4) is 0 Å². The maximum atomic E-state index is 4.41. The number of aromatic nitrogens is 3. The third kappa shape index (κ3) is 2.89. The molecule has 1 saturated heterocycles. The van der Waals surface area contributed by atoms with Gasteiger partial charge in [-0.3, -0.25) is 0 Å². The highest BCUT2D eigenvalue weighted by Gasteiger charge is 2.28. The molecule has 1 aliphatic heterocycles. The van der Waals surface area contributed by atoms with E-state index in [1.165, 1.54) is 40.6 Å². The lowest BCUT2D eigenvalue weighted by atomic mass is 10.00. The topological polar surface area (TPSA) is 56.8 Å². The Labute approximate surface area is 147 Å². The van der Waals surface area contributed by atoms with Crippen molar-refractivity contribution < 1.29 is 0 Å². The number of benzene rings is 1. The first kappa shape index (κ1) is 14.9. The molecule has 2 aliphatic rings. The highest BCUT2D eigenvalue weighted by molar-refractivity contribution is 5.79. The van der Waals surface area contributed by atoms with Gasteiger partial charge in [0.25, 0.3) is 0 Å². The third-order valence-electron chi connectivity index (χ3n) is 5.47. The molecule has 1 fully saturated rings. The van der Waals surface area contributed by atoms with Crippen molar-refractivity contribution in [2.75, 3.05) is 24.5 Å². The fourth-order valence-corrected chi connectivity index (χ4v) is 3.99. The summed E-state index contributed by atoms with van der Waals surface area (Å²) in [5.74, 6) is 1.76. The van der Waals surface area contributed by atoms with Crippen LogP contribution in [-0.2, 0) is 19.4 Å². The van der Waals surface area contributed by atoms with Gasteiger partial charge in [-0.25, -0.2) is 0 Å². The lowest BCUT2D eigenvalue weighted by Gasteiger charge is -2.40. The fraction of sp³-hybridized carbons (Fsp3) is 0.400. The molecular formula is C20H23N5. The minimum absolute atomic E-state index is 0.700. The van der Waals surface area contributed by atoms with Crippen LogP contribution >= 0.6 is 0 Å². The van der Waals surface area contributed by atoms with Crippen LogP contribution < -0.4 is 10.2 Å². The SMILES string of the molecule is c1cc2cc(CNCC3CN(c4cc5c(nn4)CCC5)C3)ccc2[nH]1. The molecule has 2 aromatic heterocycles. The number of aryl methyl sites for hydroxylation is 2. The van der Waals surface area contributed by atoms with Gasteiger partial charge >= 0.3 is 0 Å². The standard InChI is InChI=1S/C20H23N5/c1-2-16-9-20(24-23-19(16)3-1)25-12-15(13-25)11-21-10-14-4-5-18-17(8-14)6-7-22-18/h4-9,15,21-22H,1-3,10-13H2. The lowest BCUT2D eigenvalue weighted by molar-refractivity contribution is 0.381. The van der Waals surface area contributed by atoms with Crippen molar-refractivity contribution in [1.82, 2.24) is 20.5 Å². The van der Waals surface area contributed by atoms with Crippen LogP contribution in [-0.4, -0.2) is 34.8 Å². The van der Waals surface area contributed by atoms with E-state index in [0.29, 0.717) is 5.92 Å². The predicted molar refractivity (Wildman–Crippen MR) is 99.8 cm³/mol. The number of anilines is 1. The summed E-state index contributed by atoms with van der Waals surface area (Å²) in [4.78, 5) is 5.59. The van der Waals surface area contributed by atoms with E-state index in [0.717, 1.165) is 38.4 Å². The average molecular weight is 333 g/mol. The van der Waals surface area contributed by atoms with Crippen LogP contribution in [0.4, 0.5) is 5.82 Å². The molecule has 0 radical (unpaired) electrons. The van der Waals surface area contributed by atoms with E-state index in [9.17, 15) is 0 Å². The van der Waals surface area contributed by atoms with E-state index in [-0.39, 0.29) is 0 Å². The summed E-state index contributed by atoms with van der Waals surface area (Å²) in [7, 11) is 0. The molecule has 0 bridgehead atoms. The Morgan fingerprint density at radius 3 is 3.04 bits per heavy atom. The Hall–Kier alpha value is -2.40. The van der Waals surface area contributed by atoms with Crippen LogP contribution in [0.5, 0.6) is 0 Å². The molecular weight excluding hydrogens is 310 g/mol. The van der Waals surface area contributed by atoms with Gasteiger partial charge < -0.3 is 15.2 Å². The van der Waals surface area contributed by atoms with Crippen molar-refractivity contribution >= 4 is 16.7 Å². The summed E-state index contributed by atoms with van der Waals surface area (Å²) in [6.07, 6.45) is 5.49. The van der Waals surface area contributed by atoms with E-state index < -0.39 is 0 Å². The van der Waals surface area contributed by atoms with Gasteiger partial charge in [0.15, 0.2) is 5.82 Å². The van der Waals surface area contributed by atoms with Gasteiger partial charge in [0.2, 0.25) is 0 Å². The van der Waals surface area contributed by atoms with Crippen molar-refractivity contribution in [2.24, 2.45) is 5.92 Å². The fourth-order valence-electron chi connectivity index (χ4n) is 3.99. The second kappa shape index (κ2) is 6.15. The highest BCUT2D eigenvalue weighted by atomic mass is 15.3. The predicted octanol–water partition coefficient (Wildman–Crippen LogP) is 2.67. The molecule has 25 heavy (non-hydrogen) atoms. The Bertz CT molecular complexity index is 894. The summed E-state index contributed by atoms with van der Waals surface area (Å²) in [5.41, 5.74) is 5.16. The van der Waals surface area contributed by atoms with Crippen LogP contribution in [0.3, 0.4) is 0 Å². The minimum Gasteiger partial charge on any atom is -0.361 e. The van der Waals surface area contributed by atoms with E-state index in [1.807, 2.05) is 6.20 Å². The van der Waals surface area contributed by atoms with Crippen LogP contribution in [0.2, 0.25) is 0 Å². The third-order valence-corrected chi connectivity index (χ3v) is 5.47. The Morgan fingerprint density at radius 2 is 2.08 bits per heavy atom. The molecule has 0 spiro atoms. The van der Waals surface area contributed by atoms with Gasteiger partial charge in [0.1, 0.15) is 0 Å². The second-order valence-corrected chi connectivity index (χ2v) is 7.33. The van der Waals surface area contributed by atoms with E-state index in [4.69, 9.17) is 0 Å². The first-order chi connectivity index (χ1) is 12.3. The first-order valence-electron chi connectivity index (χ1n) is 9.22. The molecule has 1 aliphatic carbocycles. The maximum Gasteiger partial charge on any atom is 0.151 e. The van der Waals surface area contributed by atoms with Crippen molar-refractivity contribution in [2.45, 2.75) is 25.8 Å². The summed E-state index contributed by atoms with van der Waals surface area (Å²) < 4.78 is 0. The largest absolute Gasteiger partial charge is 0.361 e. The molecule has 0 unspecified atom stereocenters.